The number of benzene rings is 2. The Morgan fingerprint density at radius 3 is 2.45 bits per heavy atom. The Morgan fingerprint density at radius 2 is 1.79 bits per heavy atom. The monoisotopic (exact) mass is 470 g/mol. The summed E-state index contributed by atoms with van der Waals surface area (Å²) in [6.07, 6.45) is -4.00. The summed E-state index contributed by atoms with van der Waals surface area (Å²) in [5.74, 6) is 0.00745. The molecule has 4 rings (SSSR count). The summed E-state index contributed by atoms with van der Waals surface area (Å²) in [6.45, 7) is 1.18. The summed E-state index contributed by atoms with van der Waals surface area (Å²) >= 11 is 3.18. The van der Waals surface area contributed by atoms with Gasteiger partial charge in [0.05, 0.1) is 4.47 Å². The maximum absolute atomic E-state index is 13.9. The molecule has 0 aliphatic carbocycles. The lowest BCUT2D eigenvalue weighted by Gasteiger charge is -2.33. The Labute approximate surface area is 172 Å². The van der Waals surface area contributed by atoms with Crippen molar-refractivity contribution >= 4 is 27.7 Å². The van der Waals surface area contributed by atoms with Crippen molar-refractivity contribution in [2.75, 3.05) is 13.1 Å². The number of nitrogens with two attached hydrogens (primary N) is 1. The molecule has 1 atom stereocenters. The van der Waals surface area contributed by atoms with Crippen molar-refractivity contribution in [2.24, 2.45) is 15.7 Å². The molecule has 2 aliphatic heterocycles. The Bertz CT molecular complexity index is 1010. The maximum atomic E-state index is 13.9. The first-order chi connectivity index (χ1) is 13.7. The van der Waals surface area contributed by atoms with Crippen molar-refractivity contribution in [3.05, 3.63) is 63.9 Å². The Hall–Kier alpha value is -2.62. The molecule has 2 heterocycles. The number of hydrogen-bond acceptors (Lipinski definition) is 5. The summed E-state index contributed by atoms with van der Waals surface area (Å²) in [7, 11) is 0. The minimum Gasteiger partial charge on any atom is -0.406 e. The zero-order chi connectivity index (χ0) is 20.8. The van der Waals surface area contributed by atoms with E-state index < -0.39 is 17.7 Å². The lowest BCUT2D eigenvalue weighted by molar-refractivity contribution is -0.274. The van der Waals surface area contributed by atoms with Crippen molar-refractivity contribution in [2.45, 2.75) is 18.3 Å². The zero-order valence-electron chi connectivity index (χ0n) is 14.9. The van der Waals surface area contributed by atoms with Crippen LogP contribution in [0.1, 0.15) is 17.5 Å². The first kappa shape index (κ1) is 19.7. The molecule has 5 nitrogen and oxygen atoms in total. The molecule has 0 radical (unpaired) electrons. The Morgan fingerprint density at radius 1 is 1.10 bits per heavy atom. The molecule has 10 heteroatoms. The highest BCUT2D eigenvalue weighted by Gasteiger charge is 2.49. The number of alkyl halides is 3. The first-order valence-electron chi connectivity index (χ1n) is 8.70. The fraction of sp³-hybridized carbons (Fsp3) is 0.263. The number of guanidine groups is 1. The van der Waals surface area contributed by atoms with Crippen molar-refractivity contribution in [3.63, 3.8) is 0 Å². The summed E-state index contributed by atoms with van der Waals surface area (Å²) in [5, 5.41) is 0. The number of aliphatic imine (C=N–C) groups is 2. The molecule has 0 spiro atoms. The van der Waals surface area contributed by atoms with Crippen LogP contribution < -0.4 is 10.5 Å². The van der Waals surface area contributed by atoms with E-state index in [0.29, 0.717) is 30.1 Å². The van der Waals surface area contributed by atoms with Gasteiger partial charge in [-0.3, -0.25) is 9.89 Å². The number of halogens is 5. The minimum absolute atomic E-state index is 0.232. The van der Waals surface area contributed by atoms with E-state index in [1.165, 1.54) is 30.3 Å². The third kappa shape index (κ3) is 3.45. The van der Waals surface area contributed by atoms with Crippen LogP contribution in [0.15, 0.2) is 56.9 Å². The third-order valence-corrected chi connectivity index (χ3v) is 5.39. The Balaban J connectivity index is 1.88. The summed E-state index contributed by atoms with van der Waals surface area (Å²) in [4.78, 5) is 11.1. The molecule has 0 bridgehead atoms. The normalized spacial score (nSPS) is 21.5. The average Bonchev–Trinajstić information content (AvgIpc) is 2.97. The number of amidine groups is 1. The lowest BCUT2D eigenvalue weighted by Crippen LogP contribution is -2.46. The van der Waals surface area contributed by atoms with Gasteiger partial charge in [0.1, 0.15) is 17.4 Å². The summed E-state index contributed by atoms with van der Waals surface area (Å²) in [6, 6.07) is 9.82. The molecule has 2 aromatic rings. The summed E-state index contributed by atoms with van der Waals surface area (Å²) in [5.41, 5.74) is 6.08. The highest BCUT2D eigenvalue weighted by atomic mass is 79.9. The smallest absolute Gasteiger partial charge is 0.406 e. The number of fused-ring (bicyclic) bond motifs is 1. The van der Waals surface area contributed by atoms with E-state index in [9.17, 15) is 17.6 Å². The highest BCUT2D eigenvalue weighted by molar-refractivity contribution is 9.10. The number of hydrogen-bond donors (Lipinski definition) is 1. The SMILES string of the molecule is NC1=NC(c2ccc(OC(F)(F)F)cc2)(c2ccc(F)c(Br)c2)C2=NCCCN12. The van der Waals surface area contributed by atoms with Crippen LogP contribution in [0.2, 0.25) is 0 Å². The highest BCUT2D eigenvalue weighted by Crippen LogP contribution is 2.43. The molecule has 0 fully saturated rings. The van der Waals surface area contributed by atoms with Gasteiger partial charge in [-0.05, 0) is 57.7 Å². The van der Waals surface area contributed by atoms with Crippen LogP contribution in [0.3, 0.4) is 0 Å². The predicted octanol–water partition coefficient (Wildman–Crippen LogP) is 4.16. The molecule has 29 heavy (non-hydrogen) atoms. The first-order valence-corrected chi connectivity index (χ1v) is 9.49. The van der Waals surface area contributed by atoms with E-state index in [2.05, 4.69) is 30.7 Å². The van der Waals surface area contributed by atoms with Gasteiger partial charge < -0.3 is 10.5 Å². The van der Waals surface area contributed by atoms with Crippen molar-refractivity contribution in [1.29, 1.82) is 0 Å². The second-order valence-corrected chi connectivity index (χ2v) is 7.45. The fourth-order valence-electron chi connectivity index (χ4n) is 3.59. The van der Waals surface area contributed by atoms with Gasteiger partial charge in [-0.1, -0.05) is 18.2 Å². The molecular formula is C19H15BrF4N4O. The quantitative estimate of drug-likeness (QED) is 0.684. The minimum atomic E-state index is -4.79. The maximum Gasteiger partial charge on any atom is 0.573 e. The second kappa shape index (κ2) is 7.01. The fourth-order valence-corrected chi connectivity index (χ4v) is 3.97. The van der Waals surface area contributed by atoms with Crippen LogP contribution in [0.25, 0.3) is 0 Å². The van der Waals surface area contributed by atoms with Crippen molar-refractivity contribution < 1.29 is 22.3 Å². The zero-order valence-corrected chi connectivity index (χ0v) is 16.5. The van der Waals surface area contributed by atoms with Crippen LogP contribution >= 0.6 is 15.9 Å². The van der Waals surface area contributed by atoms with Crippen LogP contribution in [0.4, 0.5) is 17.6 Å². The van der Waals surface area contributed by atoms with Gasteiger partial charge in [0.2, 0.25) is 0 Å². The largest absolute Gasteiger partial charge is 0.573 e. The van der Waals surface area contributed by atoms with Gasteiger partial charge in [0.25, 0.3) is 0 Å². The van der Waals surface area contributed by atoms with E-state index >= 15 is 0 Å². The molecule has 0 aromatic heterocycles. The molecule has 152 valence electrons. The number of rotatable bonds is 3. The Kier molecular flexibility index (Phi) is 4.76. The second-order valence-electron chi connectivity index (χ2n) is 6.59. The van der Waals surface area contributed by atoms with E-state index in [4.69, 9.17) is 5.73 Å². The molecular weight excluding hydrogens is 456 g/mol. The topological polar surface area (TPSA) is 63.2 Å². The van der Waals surface area contributed by atoms with E-state index in [-0.39, 0.29) is 16.2 Å². The molecule has 2 aromatic carbocycles. The van der Waals surface area contributed by atoms with Gasteiger partial charge >= 0.3 is 6.36 Å². The van der Waals surface area contributed by atoms with Crippen LogP contribution in [0.5, 0.6) is 5.75 Å². The van der Waals surface area contributed by atoms with E-state index in [0.717, 1.165) is 6.42 Å². The molecule has 0 saturated heterocycles. The molecule has 2 N–H and O–H groups in total. The van der Waals surface area contributed by atoms with Gasteiger partial charge in [0, 0.05) is 13.1 Å². The average molecular weight is 471 g/mol. The van der Waals surface area contributed by atoms with Gasteiger partial charge in [-0.2, -0.15) is 0 Å². The van der Waals surface area contributed by atoms with Gasteiger partial charge in [-0.15, -0.1) is 13.2 Å². The van der Waals surface area contributed by atoms with E-state index in [1.807, 2.05) is 0 Å². The standard InChI is InChI=1S/C19H15BrF4N4O/c20-14-10-12(4-7-15(14)21)18(16-26-8-1-9-28(16)17(25)27-18)11-2-5-13(6-3-11)29-19(22,23)24/h2-7,10H,1,8-9H2,(H2,25,27). The van der Waals surface area contributed by atoms with Gasteiger partial charge in [-0.25, -0.2) is 9.38 Å². The van der Waals surface area contributed by atoms with E-state index in [1.54, 1.807) is 17.0 Å². The van der Waals surface area contributed by atoms with Crippen LogP contribution in [0, 0.1) is 5.82 Å². The molecule has 1 unspecified atom stereocenters. The van der Waals surface area contributed by atoms with Crippen LogP contribution in [-0.4, -0.2) is 36.1 Å². The van der Waals surface area contributed by atoms with Gasteiger partial charge in [0.15, 0.2) is 11.5 Å². The third-order valence-electron chi connectivity index (χ3n) is 4.78. The van der Waals surface area contributed by atoms with Crippen LogP contribution in [-0.2, 0) is 5.54 Å². The number of ether oxygens (including phenoxy) is 1. The van der Waals surface area contributed by atoms with Crippen molar-refractivity contribution in [1.82, 2.24) is 4.90 Å². The molecule has 0 saturated carbocycles. The number of nitrogens with zero attached hydrogens (tertiary/aromatic N) is 3. The predicted molar refractivity (Wildman–Crippen MR) is 103 cm³/mol. The summed E-state index contributed by atoms with van der Waals surface area (Å²) < 4.78 is 55.6. The molecule has 0 amide bonds. The molecule has 2 aliphatic rings. The lowest BCUT2D eigenvalue weighted by atomic mass is 9.82. The van der Waals surface area contributed by atoms with Crippen molar-refractivity contribution in [3.8, 4) is 5.75 Å².